The quantitative estimate of drug-likeness (QED) is 0.424. The lowest BCUT2D eigenvalue weighted by molar-refractivity contribution is -0.385. The number of benzene rings is 1. The summed E-state index contributed by atoms with van der Waals surface area (Å²) in [4.78, 5) is 21.6. The van der Waals surface area contributed by atoms with Gasteiger partial charge in [-0.2, -0.15) is 0 Å². The molecule has 0 fully saturated rings. The molecule has 20 heavy (non-hydrogen) atoms. The van der Waals surface area contributed by atoms with Crippen LogP contribution in [0.25, 0.3) is 0 Å². The van der Waals surface area contributed by atoms with Crippen molar-refractivity contribution >= 4 is 11.6 Å². The van der Waals surface area contributed by atoms with Crippen molar-refractivity contribution in [3.05, 3.63) is 34.4 Å². The van der Waals surface area contributed by atoms with Crippen molar-refractivity contribution in [1.82, 2.24) is 5.32 Å². The van der Waals surface area contributed by atoms with Crippen LogP contribution in [0.15, 0.2) is 24.3 Å². The number of aliphatic hydroxyl groups excluding tert-OH is 1. The van der Waals surface area contributed by atoms with Gasteiger partial charge in [0.15, 0.2) is 5.75 Å². The lowest BCUT2D eigenvalue weighted by Gasteiger charge is -2.08. The number of nitrogens with zero attached hydrogens (tertiary/aromatic N) is 1. The predicted molar refractivity (Wildman–Crippen MR) is 72.5 cm³/mol. The van der Waals surface area contributed by atoms with Gasteiger partial charge >= 0.3 is 5.69 Å². The van der Waals surface area contributed by atoms with Crippen molar-refractivity contribution in [2.45, 2.75) is 25.9 Å². The molecule has 0 heterocycles. The third-order valence-electron chi connectivity index (χ3n) is 2.46. The fourth-order valence-corrected chi connectivity index (χ4v) is 1.49. The lowest BCUT2D eigenvalue weighted by Crippen LogP contribution is -2.30. The van der Waals surface area contributed by atoms with Crippen molar-refractivity contribution in [1.29, 1.82) is 0 Å². The molecule has 0 spiro atoms. The monoisotopic (exact) mass is 282 g/mol. The van der Waals surface area contributed by atoms with Crippen LogP contribution in [0.2, 0.25) is 0 Å². The van der Waals surface area contributed by atoms with E-state index < -0.39 is 11.0 Å². The number of amides is 1. The number of nitro groups is 1. The second-order valence-electron chi connectivity index (χ2n) is 4.33. The van der Waals surface area contributed by atoms with Crippen LogP contribution >= 0.6 is 0 Å². The minimum Gasteiger partial charge on any atom is -0.487 e. The van der Waals surface area contributed by atoms with E-state index >= 15 is 0 Å². The van der Waals surface area contributed by atoms with Crippen LogP contribution in [0.5, 0.6) is 5.75 Å². The Morgan fingerprint density at radius 2 is 2.20 bits per heavy atom. The van der Waals surface area contributed by atoms with Crippen LogP contribution in [0.3, 0.4) is 0 Å². The lowest BCUT2D eigenvalue weighted by atomic mass is 10.3. The van der Waals surface area contributed by atoms with Crippen LogP contribution in [0.1, 0.15) is 19.8 Å². The van der Waals surface area contributed by atoms with Crippen molar-refractivity contribution < 1.29 is 19.6 Å². The molecule has 1 amide bonds. The zero-order valence-corrected chi connectivity index (χ0v) is 11.2. The molecule has 1 aromatic carbocycles. The molecule has 0 aromatic heterocycles. The molecule has 110 valence electrons. The van der Waals surface area contributed by atoms with Gasteiger partial charge in [0.25, 0.3) is 0 Å². The standard InChI is InChI=1S/C13H18N2O5/c1-10(16)9-14-13(17)7-4-8-20-12-6-3-2-5-11(12)15(18)19/h2-3,5-6,10,16H,4,7-9H2,1H3,(H,14,17). The Kier molecular flexibility index (Phi) is 6.45. The van der Waals surface area contributed by atoms with E-state index in [9.17, 15) is 14.9 Å². The summed E-state index contributed by atoms with van der Waals surface area (Å²) in [7, 11) is 0. The number of nitrogens with one attached hydrogen (secondary N) is 1. The van der Waals surface area contributed by atoms with Gasteiger partial charge in [-0.15, -0.1) is 0 Å². The Bertz CT molecular complexity index is 462. The molecule has 0 aliphatic rings. The first-order valence-corrected chi connectivity index (χ1v) is 6.31. The average Bonchev–Trinajstić information content (AvgIpc) is 2.41. The van der Waals surface area contributed by atoms with Crippen LogP contribution in [0.4, 0.5) is 5.69 Å². The summed E-state index contributed by atoms with van der Waals surface area (Å²) in [5.74, 6) is 0.0129. The molecule has 0 saturated heterocycles. The Hall–Kier alpha value is -2.15. The first-order valence-electron chi connectivity index (χ1n) is 6.31. The highest BCUT2D eigenvalue weighted by Gasteiger charge is 2.13. The number of para-hydroxylation sites is 2. The van der Waals surface area contributed by atoms with Crippen LogP contribution in [-0.4, -0.2) is 35.2 Å². The number of ether oxygens (including phenoxy) is 1. The van der Waals surface area contributed by atoms with Gasteiger partial charge in [-0.25, -0.2) is 0 Å². The zero-order chi connectivity index (χ0) is 15.0. The Morgan fingerprint density at radius 3 is 2.85 bits per heavy atom. The van der Waals surface area contributed by atoms with Crippen molar-refractivity contribution in [2.75, 3.05) is 13.2 Å². The highest BCUT2D eigenvalue weighted by atomic mass is 16.6. The molecule has 0 radical (unpaired) electrons. The van der Waals surface area contributed by atoms with E-state index in [0.717, 1.165) is 0 Å². The van der Waals surface area contributed by atoms with Gasteiger partial charge in [0.05, 0.1) is 17.6 Å². The van der Waals surface area contributed by atoms with E-state index in [4.69, 9.17) is 9.84 Å². The fourth-order valence-electron chi connectivity index (χ4n) is 1.49. The first kappa shape index (κ1) is 15.9. The maximum Gasteiger partial charge on any atom is 0.310 e. The summed E-state index contributed by atoms with van der Waals surface area (Å²) in [5.41, 5.74) is -0.0916. The van der Waals surface area contributed by atoms with E-state index in [-0.39, 0.29) is 36.9 Å². The number of rotatable bonds is 8. The highest BCUT2D eigenvalue weighted by Crippen LogP contribution is 2.25. The summed E-state index contributed by atoms with van der Waals surface area (Å²) in [6.45, 7) is 2.01. The molecule has 0 aliphatic carbocycles. The second kappa shape index (κ2) is 8.11. The number of hydrogen-bond donors (Lipinski definition) is 2. The topological polar surface area (TPSA) is 102 Å². The van der Waals surface area contributed by atoms with E-state index in [1.165, 1.54) is 12.1 Å². The molecule has 7 heteroatoms. The van der Waals surface area contributed by atoms with E-state index in [1.54, 1.807) is 19.1 Å². The van der Waals surface area contributed by atoms with E-state index in [0.29, 0.717) is 6.42 Å². The third kappa shape index (κ3) is 5.66. The van der Waals surface area contributed by atoms with Gasteiger partial charge in [0.2, 0.25) is 5.91 Å². The average molecular weight is 282 g/mol. The third-order valence-corrected chi connectivity index (χ3v) is 2.46. The predicted octanol–water partition coefficient (Wildman–Crippen LogP) is 1.25. The highest BCUT2D eigenvalue weighted by molar-refractivity contribution is 5.75. The van der Waals surface area contributed by atoms with Gasteiger partial charge in [0, 0.05) is 19.0 Å². The number of nitro benzene ring substituents is 1. The molecule has 2 N–H and O–H groups in total. The number of carbonyl (C=O) groups excluding carboxylic acids is 1. The normalized spacial score (nSPS) is 11.7. The SMILES string of the molecule is CC(O)CNC(=O)CCCOc1ccccc1[N+](=O)[O-]. The minimum absolute atomic E-state index is 0.0916. The fraction of sp³-hybridized carbons (Fsp3) is 0.462. The number of hydrogen-bond acceptors (Lipinski definition) is 5. The van der Waals surface area contributed by atoms with Crippen LogP contribution in [0, 0.1) is 10.1 Å². The van der Waals surface area contributed by atoms with Gasteiger partial charge in [-0.1, -0.05) is 12.1 Å². The maximum absolute atomic E-state index is 11.3. The summed E-state index contributed by atoms with van der Waals surface area (Å²) in [5, 5.41) is 22.3. The molecular formula is C13H18N2O5. The largest absolute Gasteiger partial charge is 0.487 e. The molecule has 1 unspecified atom stereocenters. The van der Waals surface area contributed by atoms with Crippen molar-refractivity contribution in [3.63, 3.8) is 0 Å². The van der Waals surface area contributed by atoms with E-state index in [1.807, 2.05) is 0 Å². The van der Waals surface area contributed by atoms with Gasteiger partial charge < -0.3 is 15.2 Å². The summed E-state index contributed by atoms with van der Waals surface area (Å²) in [6.07, 6.45) is 0.104. The van der Waals surface area contributed by atoms with Gasteiger partial charge in [0.1, 0.15) is 0 Å². The Morgan fingerprint density at radius 1 is 1.50 bits per heavy atom. The van der Waals surface area contributed by atoms with Crippen LogP contribution in [-0.2, 0) is 4.79 Å². The molecule has 7 nitrogen and oxygen atoms in total. The molecule has 0 aliphatic heterocycles. The Balaban J connectivity index is 2.31. The minimum atomic E-state index is -0.581. The molecule has 1 aromatic rings. The second-order valence-corrected chi connectivity index (χ2v) is 4.33. The van der Waals surface area contributed by atoms with Crippen molar-refractivity contribution in [2.24, 2.45) is 0 Å². The van der Waals surface area contributed by atoms with Gasteiger partial charge in [-0.3, -0.25) is 14.9 Å². The molecule has 0 bridgehead atoms. The van der Waals surface area contributed by atoms with Crippen LogP contribution < -0.4 is 10.1 Å². The molecule has 1 atom stereocenters. The molecule has 1 rings (SSSR count). The number of aliphatic hydroxyl groups is 1. The first-order chi connectivity index (χ1) is 9.50. The molecule has 0 saturated carbocycles. The number of carbonyl (C=O) groups is 1. The summed E-state index contributed by atoms with van der Waals surface area (Å²) < 4.78 is 5.30. The maximum atomic E-state index is 11.3. The summed E-state index contributed by atoms with van der Waals surface area (Å²) >= 11 is 0. The zero-order valence-electron chi connectivity index (χ0n) is 11.2. The Labute approximate surface area is 116 Å². The van der Waals surface area contributed by atoms with Gasteiger partial charge in [-0.05, 0) is 19.4 Å². The smallest absolute Gasteiger partial charge is 0.310 e. The van der Waals surface area contributed by atoms with Crippen molar-refractivity contribution in [3.8, 4) is 5.75 Å². The van der Waals surface area contributed by atoms with E-state index in [2.05, 4.69) is 5.32 Å². The molecular weight excluding hydrogens is 264 g/mol. The summed E-state index contributed by atoms with van der Waals surface area (Å²) in [6, 6.07) is 6.10.